The van der Waals surface area contributed by atoms with Crippen molar-refractivity contribution in [1.82, 2.24) is 0 Å². The summed E-state index contributed by atoms with van der Waals surface area (Å²) in [6.07, 6.45) is 1.22. The van der Waals surface area contributed by atoms with Gasteiger partial charge in [-0.25, -0.2) is 4.79 Å². The zero-order chi connectivity index (χ0) is 12.5. The van der Waals surface area contributed by atoms with E-state index in [0.717, 1.165) is 11.8 Å². The number of carboxylic acid groups (broad SMARTS) is 1. The van der Waals surface area contributed by atoms with E-state index in [1.165, 1.54) is 0 Å². The normalized spacial score (nSPS) is 12.0. The number of aliphatic carboxylic acids is 1. The second-order valence-electron chi connectivity index (χ2n) is 3.72. The van der Waals surface area contributed by atoms with Crippen molar-refractivity contribution in [3.8, 4) is 0 Å². The summed E-state index contributed by atoms with van der Waals surface area (Å²) in [6, 6.07) is 9.40. The van der Waals surface area contributed by atoms with Crippen molar-refractivity contribution in [2.45, 2.75) is 32.0 Å². The first-order chi connectivity index (χ1) is 8.24. The molecule has 0 aliphatic heterocycles. The molecule has 0 amide bonds. The maximum Gasteiger partial charge on any atom is 0.332 e. The highest BCUT2D eigenvalue weighted by atomic mass is 16.5. The number of rotatable bonds is 8. The van der Waals surface area contributed by atoms with Gasteiger partial charge in [0.05, 0.1) is 6.61 Å². The molecular weight excluding hydrogens is 220 g/mol. The van der Waals surface area contributed by atoms with Gasteiger partial charge in [-0.1, -0.05) is 30.3 Å². The predicted molar refractivity (Wildman–Crippen MR) is 62.6 cm³/mol. The average Bonchev–Trinajstić information content (AvgIpc) is 2.34. The molecule has 0 aliphatic carbocycles. The number of benzene rings is 1. The summed E-state index contributed by atoms with van der Waals surface area (Å²) < 4.78 is 5.32. The Labute approximate surface area is 100 Å². The number of aldehydes is 1. The first kappa shape index (κ1) is 13.4. The fourth-order valence-electron chi connectivity index (χ4n) is 1.44. The molecule has 0 fully saturated rings. The lowest BCUT2D eigenvalue weighted by atomic mass is 10.1. The standard InChI is InChI=1S/C13H16O4/c14-9-5-4-8-12(13(15)16)17-10-11-6-2-1-3-7-11/h1-3,6-7,9,12H,4-5,8,10H2,(H,15,16). The van der Waals surface area contributed by atoms with E-state index in [1.54, 1.807) is 0 Å². The molecule has 0 saturated heterocycles. The lowest BCUT2D eigenvalue weighted by molar-refractivity contribution is -0.151. The fraction of sp³-hybridized carbons (Fsp3) is 0.385. The third-order valence-corrected chi connectivity index (χ3v) is 2.36. The van der Waals surface area contributed by atoms with Crippen LogP contribution in [0.15, 0.2) is 30.3 Å². The molecule has 4 nitrogen and oxygen atoms in total. The van der Waals surface area contributed by atoms with Crippen LogP contribution in [0.25, 0.3) is 0 Å². The molecule has 1 unspecified atom stereocenters. The van der Waals surface area contributed by atoms with E-state index >= 15 is 0 Å². The Hall–Kier alpha value is -1.68. The SMILES string of the molecule is O=CCCCC(OCc1ccccc1)C(=O)O. The molecule has 1 rings (SSSR count). The van der Waals surface area contributed by atoms with Gasteiger partial charge in [0.2, 0.25) is 0 Å². The highest BCUT2D eigenvalue weighted by Gasteiger charge is 2.17. The Morgan fingerprint density at radius 3 is 2.65 bits per heavy atom. The Morgan fingerprint density at radius 2 is 2.06 bits per heavy atom. The van der Waals surface area contributed by atoms with E-state index in [1.807, 2.05) is 30.3 Å². The molecule has 0 aliphatic rings. The summed E-state index contributed by atoms with van der Waals surface area (Å²) in [5, 5.41) is 8.94. The number of carbonyl (C=O) groups excluding carboxylic acids is 1. The summed E-state index contributed by atoms with van der Waals surface area (Å²) in [7, 11) is 0. The third kappa shape index (κ3) is 5.26. The highest BCUT2D eigenvalue weighted by Crippen LogP contribution is 2.09. The summed E-state index contributed by atoms with van der Waals surface area (Å²) in [5.74, 6) is -0.980. The van der Waals surface area contributed by atoms with Crippen molar-refractivity contribution in [2.75, 3.05) is 0 Å². The Kier molecular flexibility index (Phi) is 5.96. The van der Waals surface area contributed by atoms with Gasteiger partial charge >= 0.3 is 5.97 Å². The van der Waals surface area contributed by atoms with Gasteiger partial charge in [-0.2, -0.15) is 0 Å². The Bertz CT molecular complexity index is 348. The molecule has 0 radical (unpaired) electrons. The quantitative estimate of drug-likeness (QED) is 0.554. The summed E-state index contributed by atoms with van der Waals surface area (Å²) in [5.41, 5.74) is 0.939. The molecule has 0 spiro atoms. The van der Waals surface area contributed by atoms with Crippen LogP contribution >= 0.6 is 0 Å². The first-order valence-electron chi connectivity index (χ1n) is 5.56. The highest BCUT2D eigenvalue weighted by molar-refractivity contribution is 5.72. The van der Waals surface area contributed by atoms with Crippen molar-refractivity contribution in [1.29, 1.82) is 0 Å². The monoisotopic (exact) mass is 236 g/mol. The molecule has 1 aromatic rings. The van der Waals surface area contributed by atoms with Gasteiger partial charge in [-0.05, 0) is 18.4 Å². The number of carbonyl (C=O) groups is 2. The Morgan fingerprint density at radius 1 is 1.35 bits per heavy atom. The molecule has 0 heterocycles. The minimum atomic E-state index is -0.980. The third-order valence-electron chi connectivity index (χ3n) is 2.36. The van der Waals surface area contributed by atoms with Gasteiger partial charge in [0.1, 0.15) is 6.29 Å². The van der Waals surface area contributed by atoms with Crippen molar-refractivity contribution in [2.24, 2.45) is 0 Å². The van der Waals surface area contributed by atoms with Crippen molar-refractivity contribution in [3.05, 3.63) is 35.9 Å². The smallest absolute Gasteiger partial charge is 0.332 e. The molecular formula is C13H16O4. The van der Waals surface area contributed by atoms with Crippen LogP contribution in [0.3, 0.4) is 0 Å². The zero-order valence-corrected chi connectivity index (χ0v) is 9.54. The summed E-state index contributed by atoms with van der Waals surface area (Å²) in [6.45, 7) is 0.277. The Balaban J connectivity index is 2.39. The largest absolute Gasteiger partial charge is 0.479 e. The molecule has 0 saturated carbocycles. The second kappa shape index (κ2) is 7.57. The minimum Gasteiger partial charge on any atom is -0.479 e. The molecule has 1 atom stereocenters. The van der Waals surface area contributed by atoms with Gasteiger partial charge in [0.25, 0.3) is 0 Å². The number of unbranched alkanes of at least 4 members (excludes halogenated alkanes) is 1. The van der Waals surface area contributed by atoms with E-state index in [-0.39, 0.29) is 6.61 Å². The maximum atomic E-state index is 10.9. The molecule has 0 aromatic heterocycles. The van der Waals surface area contributed by atoms with Crippen LogP contribution in [0, 0.1) is 0 Å². The van der Waals surface area contributed by atoms with Gasteiger partial charge in [-0.15, -0.1) is 0 Å². The van der Waals surface area contributed by atoms with Crippen LogP contribution in [0.1, 0.15) is 24.8 Å². The number of hydrogen-bond acceptors (Lipinski definition) is 3. The van der Waals surface area contributed by atoms with Crippen LogP contribution < -0.4 is 0 Å². The summed E-state index contributed by atoms with van der Waals surface area (Å²) >= 11 is 0. The van der Waals surface area contributed by atoms with E-state index in [0.29, 0.717) is 19.3 Å². The summed E-state index contributed by atoms with van der Waals surface area (Å²) in [4.78, 5) is 21.0. The molecule has 1 N–H and O–H groups in total. The first-order valence-corrected chi connectivity index (χ1v) is 5.56. The van der Waals surface area contributed by atoms with Gasteiger partial charge < -0.3 is 14.6 Å². The van der Waals surface area contributed by atoms with Crippen molar-refractivity contribution in [3.63, 3.8) is 0 Å². The molecule has 92 valence electrons. The number of carboxylic acids is 1. The lowest BCUT2D eigenvalue weighted by Crippen LogP contribution is -2.23. The van der Waals surface area contributed by atoms with Crippen LogP contribution in [-0.2, 0) is 20.9 Å². The van der Waals surface area contributed by atoms with Gasteiger partial charge in [-0.3, -0.25) is 0 Å². The molecule has 17 heavy (non-hydrogen) atoms. The lowest BCUT2D eigenvalue weighted by Gasteiger charge is -2.12. The van der Waals surface area contributed by atoms with E-state index in [4.69, 9.17) is 9.84 Å². The number of hydrogen-bond donors (Lipinski definition) is 1. The zero-order valence-electron chi connectivity index (χ0n) is 9.54. The van der Waals surface area contributed by atoms with Crippen LogP contribution in [0.5, 0.6) is 0 Å². The van der Waals surface area contributed by atoms with Crippen molar-refractivity contribution >= 4 is 12.3 Å². The topological polar surface area (TPSA) is 63.6 Å². The number of ether oxygens (including phenoxy) is 1. The van der Waals surface area contributed by atoms with Crippen LogP contribution in [-0.4, -0.2) is 23.5 Å². The minimum absolute atomic E-state index is 0.277. The molecule has 4 heteroatoms. The fourth-order valence-corrected chi connectivity index (χ4v) is 1.44. The van der Waals surface area contributed by atoms with E-state index in [9.17, 15) is 9.59 Å². The van der Waals surface area contributed by atoms with Gasteiger partial charge in [0, 0.05) is 6.42 Å². The van der Waals surface area contributed by atoms with Crippen molar-refractivity contribution < 1.29 is 19.4 Å². The van der Waals surface area contributed by atoms with Crippen LogP contribution in [0.2, 0.25) is 0 Å². The van der Waals surface area contributed by atoms with E-state index in [2.05, 4.69) is 0 Å². The average molecular weight is 236 g/mol. The van der Waals surface area contributed by atoms with Gasteiger partial charge in [0.15, 0.2) is 6.10 Å². The van der Waals surface area contributed by atoms with E-state index < -0.39 is 12.1 Å². The predicted octanol–water partition coefficient (Wildman–Crippen LogP) is 2.03. The maximum absolute atomic E-state index is 10.9. The second-order valence-corrected chi connectivity index (χ2v) is 3.72. The molecule has 1 aromatic carbocycles. The molecule has 0 bridgehead atoms. The van der Waals surface area contributed by atoms with Crippen LogP contribution in [0.4, 0.5) is 0 Å².